The average Bonchev–Trinajstić information content (AvgIpc) is 3.05. The summed E-state index contributed by atoms with van der Waals surface area (Å²) in [5, 5.41) is 1.85. The third kappa shape index (κ3) is 3.33. The number of hydrogen-bond acceptors (Lipinski definition) is 5. The zero-order valence-electron chi connectivity index (χ0n) is 15.8. The lowest BCUT2D eigenvalue weighted by molar-refractivity contribution is 0.0526. The number of rotatable bonds is 4. The number of aryl methyl sites for hydroxylation is 1. The summed E-state index contributed by atoms with van der Waals surface area (Å²) < 4.78 is 29.8. The highest BCUT2D eigenvalue weighted by molar-refractivity contribution is 6.15. The molecule has 29 heavy (non-hydrogen) atoms. The van der Waals surface area contributed by atoms with Crippen molar-refractivity contribution in [1.29, 1.82) is 0 Å². The number of carbonyl (C=O) groups is 2. The summed E-state index contributed by atoms with van der Waals surface area (Å²) in [4.78, 5) is 25.0. The molecule has 0 fully saturated rings. The van der Waals surface area contributed by atoms with Crippen LogP contribution >= 0.6 is 0 Å². The number of fused-ring (bicyclic) bond motifs is 3. The standard InChI is InChI=1S/C23H17FO5/c1-3-27-23(26)20-13(2)28-21-17-7-5-4-6-16(17)19(12-18(20)21)29-22(25)14-8-10-15(24)11-9-14/h4-12H,3H2,1-2H3. The van der Waals surface area contributed by atoms with Gasteiger partial charge in [0, 0.05) is 16.2 Å². The van der Waals surface area contributed by atoms with Crippen LogP contribution in [0, 0.1) is 12.7 Å². The molecule has 6 heteroatoms. The summed E-state index contributed by atoms with van der Waals surface area (Å²) in [7, 11) is 0. The van der Waals surface area contributed by atoms with Gasteiger partial charge < -0.3 is 13.9 Å². The first kappa shape index (κ1) is 18.7. The van der Waals surface area contributed by atoms with Gasteiger partial charge in [-0.05, 0) is 44.2 Å². The van der Waals surface area contributed by atoms with E-state index in [1.54, 1.807) is 26.0 Å². The van der Waals surface area contributed by atoms with Crippen LogP contribution in [0.4, 0.5) is 4.39 Å². The van der Waals surface area contributed by atoms with Gasteiger partial charge in [0.1, 0.15) is 28.5 Å². The number of ether oxygens (including phenoxy) is 2. The molecule has 5 nitrogen and oxygen atoms in total. The van der Waals surface area contributed by atoms with E-state index in [9.17, 15) is 14.0 Å². The molecule has 0 bridgehead atoms. The lowest BCUT2D eigenvalue weighted by Crippen LogP contribution is -2.09. The predicted molar refractivity (Wildman–Crippen MR) is 106 cm³/mol. The van der Waals surface area contributed by atoms with E-state index < -0.39 is 17.8 Å². The molecule has 0 spiro atoms. The largest absolute Gasteiger partial charge is 0.462 e. The van der Waals surface area contributed by atoms with Gasteiger partial charge in [0.15, 0.2) is 0 Å². The van der Waals surface area contributed by atoms with Crippen LogP contribution in [0.1, 0.15) is 33.4 Å². The van der Waals surface area contributed by atoms with Crippen molar-refractivity contribution >= 4 is 33.7 Å². The van der Waals surface area contributed by atoms with Crippen molar-refractivity contribution in [1.82, 2.24) is 0 Å². The van der Waals surface area contributed by atoms with Crippen molar-refractivity contribution in [3.63, 3.8) is 0 Å². The molecule has 0 saturated heterocycles. The van der Waals surface area contributed by atoms with E-state index in [1.807, 2.05) is 18.2 Å². The van der Waals surface area contributed by atoms with Gasteiger partial charge in [-0.25, -0.2) is 14.0 Å². The quantitative estimate of drug-likeness (QED) is 0.342. The Morgan fingerprint density at radius 2 is 1.66 bits per heavy atom. The first-order chi connectivity index (χ1) is 14.0. The van der Waals surface area contributed by atoms with Gasteiger partial charge >= 0.3 is 11.9 Å². The minimum absolute atomic E-state index is 0.213. The Morgan fingerprint density at radius 1 is 0.966 bits per heavy atom. The maximum Gasteiger partial charge on any atom is 0.343 e. The molecular formula is C23H17FO5. The van der Waals surface area contributed by atoms with Gasteiger partial charge in [-0.2, -0.15) is 0 Å². The Kier molecular flexibility index (Phi) is 4.76. The van der Waals surface area contributed by atoms with Crippen LogP contribution in [-0.2, 0) is 4.74 Å². The van der Waals surface area contributed by atoms with Crippen LogP contribution in [0.3, 0.4) is 0 Å². The molecular weight excluding hydrogens is 375 g/mol. The van der Waals surface area contributed by atoms with Crippen LogP contribution < -0.4 is 4.74 Å². The minimum atomic E-state index is -0.632. The van der Waals surface area contributed by atoms with Gasteiger partial charge in [-0.3, -0.25) is 0 Å². The van der Waals surface area contributed by atoms with Crippen molar-refractivity contribution in [2.75, 3.05) is 6.61 Å². The van der Waals surface area contributed by atoms with E-state index in [2.05, 4.69) is 0 Å². The number of hydrogen-bond donors (Lipinski definition) is 0. The number of halogens is 1. The highest BCUT2D eigenvalue weighted by atomic mass is 19.1. The van der Waals surface area contributed by atoms with Gasteiger partial charge in [0.25, 0.3) is 0 Å². The lowest BCUT2D eigenvalue weighted by Gasteiger charge is -2.09. The molecule has 0 atom stereocenters. The van der Waals surface area contributed by atoms with E-state index in [4.69, 9.17) is 13.9 Å². The van der Waals surface area contributed by atoms with Crippen molar-refractivity contribution in [2.45, 2.75) is 13.8 Å². The molecule has 0 aliphatic carbocycles. The molecule has 0 aliphatic heterocycles. The molecule has 0 radical (unpaired) electrons. The molecule has 0 saturated carbocycles. The van der Waals surface area contributed by atoms with E-state index in [0.29, 0.717) is 33.1 Å². The molecule has 4 rings (SSSR count). The fraction of sp³-hybridized carbons (Fsp3) is 0.130. The summed E-state index contributed by atoms with van der Waals surface area (Å²) in [5.74, 6) is -0.886. The second-order valence-electron chi connectivity index (χ2n) is 6.45. The summed E-state index contributed by atoms with van der Waals surface area (Å²) in [6.45, 7) is 3.64. The third-order valence-electron chi connectivity index (χ3n) is 4.60. The fourth-order valence-electron chi connectivity index (χ4n) is 3.29. The van der Waals surface area contributed by atoms with Crippen LogP contribution in [0.25, 0.3) is 21.7 Å². The number of esters is 2. The van der Waals surface area contributed by atoms with E-state index >= 15 is 0 Å². The molecule has 4 aromatic rings. The predicted octanol–water partition coefficient (Wildman–Crippen LogP) is 5.43. The SMILES string of the molecule is CCOC(=O)c1c(C)oc2c1cc(OC(=O)c1ccc(F)cc1)c1ccccc12. The van der Waals surface area contributed by atoms with E-state index in [-0.39, 0.29) is 17.9 Å². The van der Waals surface area contributed by atoms with E-state index in [1.165, 1.54) is 24.3 Å². The highest BCUT2D eigenvalue weighted by Gasteiger charge is 2.23. The second kappa shape index (κ2) is 7.39. The van der Waals surface area contributed by atoms with Crippen LogP contribution in [-0.4, -0.2) is 18.5 Å². The Bertz CT molecular complexity index is 1240. The maximum absolute atomic E-state index is 13.1. The van der Waals surface area contributed by atoms with Crippen molar-refractivity contribution in [3.05, 3.63) is 77.3 Å². The molecule has 146 valence electrons. The first-order valence-electron chi connectivity index (χ1n) is 9.09. The molecule has 1 heterocycles. The van der Waals surface area contributed by atoms with Crippen molar-refractivity contribution in [2.24, 2.45) is 0 Å². The van der Waals surface area contributed by atoms with Gasteiger partial charge in [-0.15, -0.1) is 0 Å². The second-order valence-corrected chi connectivity index (χ2v) is 6.45. The third-order valence-corrected chi connectivity index (χ3v) is 4.60. The van der Waals surface area contributed by atoms with Gasteiger partial charge in [0.2, 0.25) is 0 Å². The summed E-state index contributed by atoms with van der Waals surface area (Å²) in [6, 6.07) is 13.9. The summed E-state index contributed by atoms with van der Waals surface area (Å²) in [6.07, 6.45) is 0. The van der Waals surface area contributed by atoms with Crippen molar-refractivity contribution in [3.8, 4) is 5.75 Å². The van der Waals surface area contributed by atoms with Crippen LogP contribution in [0.15, 0.2) is 59.0 Å². The molecule has 1 aromatic heterocycles. The fourth-order valence-corrected chi connectivity index (χ4v) is 3.29. The Labute approximate surface area is 165 Å². The van der Waals surface area contributed by atoms with Gasteiger partial charge in [-0.1, -0.05) is 24.3 Å². The van der Waals surface area contributed by atoms with E-state index in [0.717, 1.165) is 0 Å². The number of furan rings is 1. The maximum atomic E-state index is 13.1. The normalized spacial score (nSPS) is 11.0. The Hall–Kier alpha value is -3.67. The van der Waals surface area contributed by atoms with Crippen LogP contribution in [0.2, 0.25) is 0 Å². The number of benzene rings is 3. The molecule has 0 unspecified atom stereocenters. The first-order valence-corrected chi connectivity index (χ1v) is 9.09. The van der Waals surface area contributed by atoms with Gasteiger partial charge in [0.05, 0.1) is 12.2 Å². The Balaban J connectivity index is 1.88. The molecule has 0 amide bonds. The summed E-state index contributed by atoms with van der Waals surface area (Å²) >= 11 is 0. The molecule has 0 aliphatic rings. The number of carbonyl (C=O) groups excluding carboxylic acids is 2. The topological polar surface area (TPSA) is 65.7 Å². The smallest absolute Gasteiger partial charge is 0.343 e. The Morgan fingerprint density at radius 3 is 2.34 bits per heavy atom. The zero-order valence-corrected chi connectivity index (χ0v) is 15.8. The van der Waals surface area contributed by atoms with Crippen molar-refractivity contribution < 1.29 is 27.9 Å². The lowest BCUT2D eigenvalue weighted by atomic mass is 10.0. The average molecular weight is 392 g/mol. The zero-order chi connectivity index (χ0) is 20.5. The monoisotopic (exact) mass is 392 g/mol. The molecule has 3 aromatic carbocycles. The highest BCUT2D eigenvalue weighted by Crippen LogP contribution is 2.38. The van der Waals surface area contributed by atoms with Crippen LogP contribution in [0.5, 0.6) is 5.75 Å². The minimum Gasteiger partial charge on any atom is -0.462 e. The molecule has 0 N–H and O–H groups in total. The summed E-state index contributed by atoms with van der Waals surface area (Å²) in [5.41, 5.74) is 1.03.